The highest BCUT2D eigenvalue weighted by Crippen LogP contribution is 2.28. The maximum atomic E-state index is 4.87. The molecule has 5 aromatic rings. The second-order valence-electron chi connectivity index (χ2n) is 9.44. The van der Waals surface area contributed by atoms with Crippen molar-refractivity contribution in [3.8, 4) is 45.0 Å². The zero-order valence-electron chi connectivity index (χ0n) is 19.7. The first-order valence-corrected chi connectivity index (χ1v) is 11.6. The third kappa shape index (κ3) is 4.65. The van der Waals surface area contributed by atoms with Crippen LogP contribution in [0.3, 0.4) is 0 Å². The van der Waals surface area contributed by atoms with Crippen LogP contribution in [0.5, 0.6) is 0 Å². The van der Waals surface area contributed by atoms with Crippen molar-refractivity contribution in [3.05, 3.63) is 115 Å². The van der Waals surface area contributed by atoms with Crippen molar-refractivity contribution >= 4 is 0 Å². The summed E-state index contributed by atoms with van der Waals surface area (Å²) in [7, 11) is 0. The smallest absolute Gasteiger partial charge is 0.163 e. The molecule has 0 N–H and O–H groups in total. The second-order valence-corrected chi connectivity index (χ2v) is 9.44. The monoisotopic (exact) mass is 441 g/mol. The van der Waals surface area contributed by atoms with Gasteiger partial charge in [-0.05, 0) is 22.3 Å². The van der Waals surface area contributed by atoms with E-state index >= 15 is 0 Å². The quantitative estimate of drug-likeness (QED) is 0.285. The molecular formula is C31H27N3. The molecule has 4 aromatic carbocycles. The number of benzene rings is 4. The molecule has 3 nitrogen and oxygen atoms in total. The van der Waals surface area contributed by atoms with E-state index in [9.17, 15) is 0 Å². The molecule has 0 aliphatic rings. The molecule has 5 rings (SSSR count). The van der Waals surface area contributed by atoms with Gasteiger partial charge in [-0.3, -0.25) is 0 Å². The molecule has 1 heterocycles. The van der Waals surface area contributed by atoms with Gasteiger partial charge in [0.1, 0.15) is 5.82 Å². The molecule has 0 aliphatic carbocycles. The Morgan fingerprint density at radius 2 is 0.706 bits per heavy atom. The van der Waals surface area contributed by atoms with Crippen molar-refractivity contribution in [2.75, 3.05) is 0 Å². The molecule has 0 saturated heterocycles. The van der Waals surface area contributed by atoms with Gasteiger partial charge in [0, 0.05) is 16.5 Å². The normalized spacial score (nSPS) is 11.4. The van der Waals surface area contributed by atoms with E-state index < -0.39 is 0 Å². The van der Waals surface area contributed by atoms with Crippen LogP contribution < -0.4 is 0 Å². The van der Waals surface area contributed by atoms with E-state index in [1.165, 1.54) is 22.3 Å². The second kappa shape index (κ2) is 9.03. The summed E-state index contributed by atoms with van der Waals surface area (Å²) in [6.07, 6.45) is 0. The average Bonchev–Trinajstić information content (AvgIpc) is 2.89. The van der Waals surface area contributed by atoms with Gasteiger partial charge in [0.25, 0.3) is 0 Å². The number of hydrogen-bond donors (Lipinski definition) is 0. The molecule has 1 aromatic heterocycles. The largest absolute Gasteiger partial charge is 0.212 e. The Labute approximate surface area is 201 Å². The Balaban J connectivity index is 1.53. The molecular weight excluding hydrogens is 414 g/mol. The Bertz CT molecular complexity index is 1280. The number of rotatable bonds is 4. The molecule has 34 heavy (non-hydrogen) atoms. The van der Waals surface area contributed by atoms with Crippen LogP contribution in [0.1, 0.15) is 26.6 Å². The van der Waals surface area contributed by atoms with Crippen LogP contribution in [0.25, 0.3) is 45.0 Å². The first-order chi connectivity index (χ1) is 16.5. The van der Waals surface area contributed by atoms with Gasteiger partial charge in [-0.1, -0.05) is 130 Å². The van der Waals surface area contributed by atoms with Crippen molar-refractivity contribution in [3.63, 3.8) is 0 Å². The SMILES string of the molecule is CC(C)(C)c1nc(-c2ccc(-c3ccccc3)cc2)nc(-c2ccc(-c3ccccc3)cc2)n1. The van der Waals surface area contributed by atoms with Gasteiger partial charge in [0.2, 0.25) is 0 Å². The van der Waals surface area contributed by atoms with Crippen molar-refractivity contribution < 1.29 is 0 Å². The van der Waals surface area contributed by atoms with Crippen molar-refractivity contribution in [1.82, 2.24) is 15.0 Å². The minimum atomic E-state index is -0.194. The lowest BCUT2D eigenvalue weighted by molar-refractivity contribution is 0.543. The average molecular weight is 442 g/mol. The summed E-state index contributed by atoms with van der Waals surface area (Å²) in [5, 5.41) is 0. The van der Waals surface area contributed by atoms with Gasteiger partial charge in [0.15, 0.2) is 11.6 Å². The fraction of sp³-hybridized carbons (Fsp3) is 0.129. The fourth-order valence-electron chi connectivity index (χ4n) is 3.85. The topological polar surface area (TPSA) is 38.7 Å². The number of nitrogens with zero attached hydrogens (tertiary/aromatic N) is 3. The molecule has 0 saturated carbocycles. The fourth-order valence-corrected chi connectivity index (χ4v) is 3.85. The molecule has 0 aliphatic heterocycles. The van der Waals surface area contributed by atoms with Gasteiger partial charge >= 0.3 is 0 Å². The lowest BCUT2D eigenvalue weighted by atomic mass is 9.95. The van der Waals surface area contributed by atoms with E-state index in [-0.39, 0.29) is 5.41 Å². The highest BCUT2D eigenvalue weighted by atomic mass is 15.0. The lowest BCUT2D eigenvalue weighted by Gasteiger charge is -2.18. The Hall–Kier alpha value is -4.11. The van der Waals surface area contributed by atoms with Crippen molar-refractivity contribution in [2.24, 2.45) is 0 Å². The minimum Gasteiger partial charge on any atom is -0.212 e. The summed E-state index contributed by atoms with van der Waals surface area (Å²) < 4.78 is 0. The Morgan fingerprint density at radius 1 is 0.382 bits per heavy atom. The molecule has 3 heteroatoms. The summed E-state index contributed by atoms with van der Waals surface area (Å²) in [5.41, 5.74) is 6.50. The van der Waals surface area contributed by atoms with E-state index in [4.69, 9.17) is 15.0 Å². The van der Waals surface area contributed by atoms with Crippen LogP contribution in [0.4, 0.5) is 0 Å². The first kappa shape index (κ1) is 21.7. The third-order valence-electron chi connectivity index (χ3n) is 5.81. The molecule has 0 atom stereocenters. The predicted octanol–water partition coefficient (Wildman–Crippen LogP) is 7.84. The number of hydrogen-bond acceptors (Lipinski definition) is 3. The maximum Gasteiger partial charge on any atom is 0.163 e. The van der Waals surface area contributed by atoms with Crippen LogP contribution in [-0.2, 0) is 5.41 Å². The van der Waals surface area contributed by atoms with E-state index in [0.717, 1.165) is 17.0 Å². The molecule has 0 radical (unpaired) electrons. The predicted molar refractivity (Wildman–Crippen MR) is 140 cm³/mol. The van der Waals surface area contributed by atoms with Crippen molar-refractivity contribution in [2.45, 2.75) is 26.2 Å². The van der Waals surface area contributed by atoms with Crippen LogP contribution >= 0.6 is 0 Å². The van der Waals surface area contributed by atoms with Crippen LogP contribution in [0, 0.1) is 0 Å². The van der Waals surface area contributed by atoms with E-state index in [1.54, 1.807) is 0 Å². The third-order valence-corrected chi connectivity index (χ3v) is 5.81. The first-order valence-electron chi connectivity index (χ1n) is 11.6. The van der Waals surface area contributed by atoms with Gasteiger partial charge < -0.3 is 0 Å². The maximum absolute atomic E-state index is 4.87. The van der Waals surface area contributed by atoms with E-state index in [0.29, 0.717) is 11.6 Å². The zero-order chi connectivity index (χ0) is 23.5. The zero-order valence-corrected chi connectivity index (χ0v) is 19.7. The minimum absolute atomic E-state index is 0.194. The van der Waals surface area contributed by atoms with Gasteiger partial charge in [-0.2, -0.15) is 0 Å². The molecule has 166 valence electrons. The molecule has 0 unspecified atom stereocenters. The number of aromatic nitrogens is 3. The lowest BCUT2D eigenvalue weighted by Crippen LogP contribution is -2.18. The highest BCUT2D eigenvalue weighted by Gasteiger charge is 2.21. The molecule has 0 spiro atoms. The van der Waals surface area contributed by atoms with Gasteiger partial charge in [-0.25, -0.2) is 15.0 Å². The molecule has 0 fully saturated rings. The Kier molecular flexibility index (Phi) is 5.77. The van der Waals surface area contributed by atoms with E-state index in [1.807, 2.05) is 12.1 Å². The molecule has 0 bridgehead atoms. The van der Waals surface area contributed by atoms with Crippen molar-refractivity contribution in [1.29, 1.82) is 0 Å². The van der Waals surface area contributed by atoms with Gasteiger partial charge in [0.05, 0.1) is 0 Å². The van der Waals surface area contributed by atoms with E-state index in [2.05, 4.69) is 118 Å². The highest BCUT2D eigenvalue weighted by molar-refractivity contribution is 5.70. The summed E-state index contributed by atoms with van der Waals surface area (Å²) in [5.74, 6) is 2.18. The van der Waals surface area contributed by atoms with Crippen LogP contribution in [0.2, 0.25) is 0 Å². The van der Waals surface area contributed by atoms with Crippen LogP contribution in [0.15, 0.2) is 109 Å². The standard InChI is InChI=1S/C31H27N3/c1-31(2,3)30-33-28(26-18-14-24(15-19-26)22-10-6-4-7-11-22)32-29(34-30)27-20-16-25(17-21-27)23-12-8-5-9-13-23/h4-21H,1-3H3. The summed E-state index contributed by atoms with van der Waals surface area (Å²) in [6, 6.07) is 37.6. The summed E-state index contributed by atoms with van der Waals surface area (Å²) in [4.78, 5) is 14.6. The summed E-state index contributed by atoms with van der Waals surface area (Å²) >= 11 is 0. The molecule has 0 amide bonds. The summed E-state index contributed by atoms with van der Waals surface area (Å²) in [6.45, 7) is 6.40. The Morgan fingerprint density at radius 3 is 1.06 bits per heavy atom. The van der Waals surface area contributed by atoms with Crippen LogP contribution in [-0.4, -0.2) is 15.0 Å². The van der Waals surface area contributed by atoms with Gasteiger partial charge in [-0.15, -0.1) is 0 Å².